The highest BCUT2D eigenvalue weighted by Crippen LogP contribution is 2.17. The van der Waals surface area contributed by atoms with Gasteiger partial charge in [0.05, 0.1) is 0 Å². The van der Waals surface area contributed by atoms with E-state index in [1.54, 1.807) is 12.1 Å². The number of piperazine rings is 1. The number of aryl methyl sites for hydroxylation is 1. The molecule has 0 aliphatic carbocycles. The lowest BCUT2D eigenvalue weighted by Gasteiger charge is -2.36. The van der Waals surface area contributed by atoms with Crippen LogP contribution in [0.25, 0.3) is 0 Å². The fraction of sp³-hybridized carbons (Fsp3) is 0.350. The maximum absolute atomic E-state index is 13.0. The molecule has 3 rings (SSSR count). The number of nitrogens with zero attached hydrogens (tertiary/aromatic N) is 3. The molecule has 0 bridgehead atoms. The Morgan fingerprint density at radius 3 is 2.31 bits per heavy atom. The number of rotatable bonds is 5. The van der Waals surface area contributed by atoms with Crippen molar-refractivity contribution >= 4 is 11.6 Å². The van der Waals surface area contributed by atoms with Gasteiger partial charge in [0.15, 0.2) is 5.96 Å². The Balaban J connectivity index is 1.42. The van der Waals surface area contributed by atoms with Crippen molar-refractivity contribution in [2.45, 2.75) is 12.8 Å². The zero-order valence-corrected chi connectivity index (χ0v) is 14.8. The second kappa shape index (κ2) is 8.56. The van der Waals surface area contributed by atoms with Crippen LogP contribution < -0.4 is 10.6 Å². The molecule has 0 spiro atoms. The molecule has 0 aromatic heterocycles. The van der Waals surface area contributed by atoms with Crippen LogP contribution in [-0.4, -0.2) is 48.7 Å². The van der Waals surface area contributed by atoms with Crippen molar-refractivity contribution in [3.05, 3.63) is 59.9 Å². The van der Waals surface area contributed by atoms with E-state index >= 15 is 0 Å². The first-order valence-corrected chi connectivity index (χ1v) is 8.95. The summed E-state index contributed by atoms with van der Waals surface area (Å²) in [7, 11) is 0. The van der Waals surface area contributed by atoms with Gasteiger partial charge in [0.1, 0.15) is 11.6 Å². The molecule has 0 atom stereocenters. The molecule has 1 aliphatic rings. The predicted octanol–water partition coefficient (Wildman–Crippen LogP) is 2.60. The number of aromatic hydroxyl groups is 1. The van der Waals surface area contributed by atoms with Crippen LogP contribution in [0, 0.1) is 5.82 Å². The highest BCUT2D eigenvalue weighted by atomic mass is 19.1. The number of hydrogen-bond acceptors (Lipinski definition) is 3. The number of phenolic OH excluding ortho intramolecular Hbond substituents is 1. The van der Waals surface area contributed by atoms with E-state index in [0.717, 1.165) is 44.7 Å². The third kappa shape index (κ3) is 4.88. The molecule has 26 heavy (non-hydrogen) atoms. The lowest BCUT2D eigenvalue weighted by atomic mass is 10.1. The molecule has 0 saturated carbocycles. The second-order valence-corrected chi connectivity index (χ2v) is 6.46. The molecule has 1 fully saturated rings. The van der Waals surface area contributed by atoms with E-state index in [2.05, 4.69) is 14.8 Å². The zero-order chi connectivity index (χ0) is 18.4. The van der Waals surface area contributed by atoms with Crippen molar-refractivity contribution in [1.82, 2.24) is 4.90 Å². The van der Waals surface area contributed by atoms with Crippen molar-refractivity contribution in [3.8, 4) is 5.75 Å². The minimum Gasteiger partial charge on any atom is -0.508 e. The van der Waals surface area contributed by atoms with Crippen LogP contribution in [0.5, 0.6) is 5.75 Å². The Morgan fingerprint density at radius 2 is 1.65 bits per heavy atom. The summed E-state index contributed by atoms with van der Waals surface area (Å²) in [5.74, 6) is 0.668. The number of nitrogens with two attached hydrogens (primary N) is 1. The molecular weight excluding hydrogens is 331 g/mol. The molecule has 0 radical (unpaired) electrons. The number of anilines is 1. The van der Waals surface area contributed by atoms with E-state index < -0.39 is 0 Å². The summed E-state index contributed by atoms with van der Waals surface area (Å²) in [4.78, 5) is 8.82. The topological polar surface area (TPSA) is 65.1 Å². The quantitative estimate of drug-likeness (QED) is 0.491. The number of benzene rings is 2. The van der Waals surface area contributed by atoms with Crippen LogP contribution in [0.4, 0.5) is 10.1 Å². The van der Waals surface area contributed by atoms with Crippen molar-refractivity contribution in [2.24, 2.45) is 10.7 Å². The van der Waals surface area contributed by atoms with Crippen molar-refractivity contribution in [2.75, 3.05) is 37.6 Å². The summed E-state index contributed by atoms with van der Waals surface area (Å²) in [5, 5.41) is 9.28. The Hall–Kier alpha value is -2.76. The Kier molecular flexibility index (Phi) is 5.94. The van der Waals surface area contributed by atoms with Crippen LogP contribution >= 0.6 is 0 Å². The van der Waals surface area contributed by atoms with E-state index in [4.69, 9.17) is 5.73 Å². The van der Waals surface area contributed by atoms with Gasteiger partial charge >= 0.3 is 0 Å². The predicted molar refractivity (Wildman–Crippen MR) is 103 cm³/mol. The highest BCUT2D eigenvalue weighted by molar-refractivity contribution is 5.78. The van der Waals surface area contributed by atoms with E-state index in [-0.39, 0.29) is 11.6 Å². The van der Waals surface area contributed by atoms with Crippen LogP contribution in [-0.2, 0) is 6.42 Å². The molecule has 3 N–H and O–H groups in total. The number of aliphatic imine (C=N–C) groups is 1. The maximum atomic E-state index is 13.0. The fourth-order valence-corrected chi connectivity index (χ4v) is 3.09. The van der Waals surface area contributed by atoms with Gasteiger partial charge < -0.3 is 20.6 Å². The van der Waals surface area contributed by atoms with Gasteiger partial charge in [-0.05, 0) is 54.8 Å². The molecule has 0 amide bonds. The van der Waals surface area contributed by atoms with Crippen LogP contribution in [0.1, 0.15) is 12.0 Å². The van der Waals surface area contributed by atoms with Crippen LogP contribution in [0.2, 0.25) is 0 Å². The molecule has 1 saturated heterocycles. The van der Waals surface area contributed by atoms with Gasteiger partial charge in [0, 0.05) is 38.4 Å². The third-order valence-corrected chi connectivity index (χ3v) is 4.63. The number of guanidine groups is 1. The fourth-order valence-electron chi connectivity index (χ4n) is 3.09. The Labute approximate surface area is 153 Å². The standard InChI is InChI=1S/C20H25FN4O/c21-17-5-7-18(8-6-17)24-12-14-25(15-13-24)20(22)23-11-1-2-16-3-9-19(26)10-4-16/h3-10,26H,1-2,11-15H2,(H2,22,23). The van der Waals surface area contributed by atoms with Gasteiger partial charge in [0.2, 0.25) is 0 Å². The SMILES string of the molecule is NC(=NCCCc1ccc(O)cc1)N1CCN(c2ccc(F)cc2)CC1. The Bertz CT molecular complexity index is 722. The molecule has 1 aliphatic heterocycles. The average Bonchev–Trinajstić information content (AvgIpc) is 2.67. The van der Waals surface area contributed by atoms with E-state index in [1.165, 1.54) is 17.7 Å². The van der Waals surface area contributed by atoms with Crippen molar-refractivity contribution in [3.63, 3.8) is 0 Å². The van der Waals surface area contributed by atoms with E-state index in [1.807, 2.05) is 24.3 Å². The van der Waals surface area contributed by atoms with Gasteiger partial charge in [-0.3, -0.25) is 4.99 Å². The summed E-state index contributed by atoms with van der Waals surface area (Å²) in [6, 6.07) is 13.9. The smallest absolute Gasteiger partial charge is 0.191 e. The molecule has 2 aromatic carbocycles. The number of phenols is 1. The summed E-state index contributed by atoms with van der Waals surface area (Å²) >= 11 is 0. The summed E-state index contributed by atoms with van der Waals surface area (Å²) in [5.41, 5.74) is 8.35. The molecule has 1 heterocycles. The normalized spacial score (nSPS) is 15.3. The third-order valence-electron chi connectivity index (χ3n) is 4.63. The minimum atomic E-state index is -0.212. The van der Waals surface area contributed by atoms with E-state index in [9.17, 15) is 9.50 Å². The molecule has 6 heteroatoms. The summed E-state index contributed by atoms with van der Waals surface area (Å²) in [6.45, 7) is 3.99. The molecule has 138 valence electrons. The first-order valence-electron chi connectivity index (χ1n) is 8.95. The lowest BCUT2D eigenvalue weighted by molar-refractivity contribution is 0.380. The van der Waals surface area contributed by atoms with Crippen LogP contribution in [0.15, 0.2) is 53.5 Å². The average molecular weight is 356 g/mol. The summed E-state index contributed by atoms with van der Waals surface area (Å²) < 4.78 is 13.0. The van der Waals surface area contributed by atoms with E-state index in [0.29, 0.717) is 12.5 Å². The van der Waals surface area contributed by atoms with Gasteiger partial charge in [0.25, 0.3) is 0 Å². The first kappa shape index (κ1) is 18.0. The minimum absolute atomic E-state index is 0.212. The zero-order valence-electron chi connectivity index (χ0n) is 14.8. The largest absolute Gasteiger partial charge is 0.508 e. The molecule has 0 unspecified atom stereocenters. The first-order chi connectivity index (χ1) is 12.6. The second-order valence-electron chi connectivity index (χ2n) is 6.46. The Morgan fingerprint density at radius 1 is 1.00 bits per heavy atom. The number of halogens is 1. The van der Waals surface area contributed by atoms with Gasteiger partial charge in [-0.1, -0.05) is 12.1 Å². The van der Waals surface area contributed by atoms with Gasteiger partial charge in [-0.15, -0.1) is 0 Å². The van der Waals surface area contributed by atoms with Gasteiger partial charge in [-0.2, -0.15) is 0 Å². The maximum Gasteiger partial charge on any atom is 0.191 e. The van der Waals surface area contributed by atoms with Crippen molar-refractivity contribution < 1.29 is 9.50 Å². The lowest BCUT2D eigenvalue weighted by Crippen LogP contribution is -2.51. The summed E-state index contributed by atoms with van der Waals surface area (Å²) in [6.07, 6.45) is 1.83. The highest BCUT2D eigenvalue weighted by Gasteiger charge is 2.18. The molecule has 2 aromatic rings. The van der Waals surface area contributed by atoms with Crippen LogP contribution in [0.3, 0.4) is 0 Å². The number of hydrogen-bond donors (Lipinski definition) is 2. The van der Waals surface area contributed by atoms with Crippen molar-refractivity contribution in [1.29, 1.82) is 0 Å². The monoisotopic (exact) mass is 356 g/mol. The van der Waals surface area contributed by atoms with Gasteiger partial charge in [-0.25, -0.2) is 4.39 Å². The molecule has 5 nitrogen and oxygen atoms in total. The molecular formula is C20H25FN4O.